The standard InChI is InChI=1S/C8H17FO3S.Li/c1-2-3-4-5-6-7-8(9)13(10,11)12;/h8H,2-7H2,1H3,(H,10,11,12);/q;+1/p-1. The van der Waals surface area contributed by atoms with Gasteiger partial charge in [-0.15, -0.1) is 0 Å². The molecule has 0 aliphatic rings. The molecule has 80 valence electrons. The van der Waals surface area contributed by atoms with Crippen LogP contribution in [0.25, 0.3) is 0 Å². The molecule has 0 aromatic rings. The molecule has 6 heteroatoms. The maximum atomic E-state index is 12.5. The van der Waals surface area contributed by atoms with E-state index in [1.807, 2.05) is 0 Å². The average Bonchev–Trinajstić information content (AvgIpc) is 2.02. The largest absolute Gasteiger partial charge is 1.00 e. The summed E-state index contributed by atoms with van der Waals surface area (Å²) in [6, 6.07) is 0. The fourth-order valence-corrected chi connectivity index (χ4v) is 1.51. The summed E-state index contributed by atoms with van der Waals surface area (Å²) < 4.78 is 42.9. The summed E-state index contributed by atoms with van der Waals surface area (Å²) in [6.07, 6.45) is 4.24. The second-order valence-electron chi connectivity index (χ2n) is 3.11. The minimum absolute atomic E-state index is 0. The van der Waals surface area contributed by atoms with Crippen LogP contribution < -0.4 is 18.9 Å². The zero-order valence-electron chi connectivity index (χ0n) is 8.83. The number of alkyl halides is 1. The molecule has 0 fully saturated rings. The first kappa shape index (κ1) is 16.9. The van der Waals surface area contributed by atoms with Crippen molar-refractivity contribution in [2.75, 3.05) is 0 Å². The summed E-state index contributed by atoms with van der Waals surface area (Å²) >= 11 is 0. The quantitative estimate of drug-likeness (QED) is 0.319. The fourth-order valence-electron chi connectivity index (χ4n) is 1.05. The predicted octanol–water partition coefficient (Wildman–Crippen LogP) is -0.808. The molecule has 0 heterocycles. The van der Waals surface area contributed by atoms with Crippen LogP contribution in [0, 0.1) is 0 Å². The Morgan fingerprint density at radius 1 is 1.21 bits per heavy atom. The topological polar surface area (TPSA) is 57.2 Å². The molecule has 1 unspecified atom stereocenters. The Kier molecular flexibility index (Phi) is 10.5. The SMILES string of the molecule is CCCCCCCC(F)S(=O)(=O)[O-].[Li+]. The number of rotatable bonds is 7. The van der Waals surface area contributed by atoms with E-state index in [1.165, 1.54) is 0 Å². The van der Waals surface area contributed by atoms with E-state index in [9.17, 15) is 17.4 Å². The Hall–Kier alpha value is 0.437. The van der Waals surface area contributed by atoms with Gasteiger partial charge in [0.25, 0.3) is 0 Å². The van der Waals surface area contributed by atoms with Gasteiger partial charge in [-0.25, -0.2) is 12.8 Å². The van der Waals surface area contributed by atoms with E-state index in [-0.39, 0.29) is 25.3 Å². The van der Waals surface area contributed by atoms with Crippen molar-refractivity contribution in [3.05, 3.63) is 0 Å². The van der Waals surface area contributed by atoms with Gasteiger partial charge in [0.05, 0.1) is 0 Å². The van der Waals surface area contributed by atoms with Crippen molar-refractivity contribution in [2.45, 2.75) is 51.0 Å². The van der Waals surface area contributed by atoms with Crippen LogP contribution in [-0.4, -0.2) is 18.5 Å². The molecule has 0 rings (SSSR count). The zero-order chi connectivity index (χ0) is 10.3. The molecule has 0 saturated carbocycles. The third-order valence-electron chi connectivity index (χ3n) is 1.85. The van der Waals surface area contributed by atoms with Crippen molar-refractivity contribution in [3.8, 4) is 0 Å². The number of unbranched alkanes of at least 4 members (excludes halogenated alkanes) is 4. The number of hydrogen-bond acceptors (Lipinski definition) is 3. The van der Waals surface area contributed by atoms with Gasteiger partial charge in [0.1, 0.15) is 10.1 Å². The molecule has 14 heavy (non-hydrogen) atoms. The molecule has 0 amide bonds. The van der Waals surface area contributed by atoms with Gasteiger partial charge >= 0.3 is 18.9 Å². The molecule has 0 N–H and O–H groups in total. The first-order valence-corrected chi connectivity index (χ1v) is 6.04. The van der Waals surface area contributed by atoms with E-state index in [0.29, 0.717) is 6.42 Å². The molecular weight excluding hydrogens is 202 g/mol. The minimum atomic E-state index is -4.71. The van der Waals surface area contributed by atoms with Gasteiger partial charge in [-0.2, -0.15) is 0 Å². The van der Waals surface area contributed by atoms with Crippen molar-refractivity contribution < 1.29 is 36.2 Å². The Morgan fingerprint density at radius 2 is 1.71 bits per heavy atom. The third-order valence-corrected chi connectivity index (χ3v) is 2.71. The maximum Gasteiger partial charge on any atom is 1.00 e. The summed E-state index contributed by atoms with van der Waals surface area (Å²) in [5.74, 6) is 0. The monoisotopic (exact) mass is 218 g/mol. The Morgan fingerprint density at radius 3 is 2.14 bits per heavy atom. The average molecular weight is 218 g/mol. The maximum absolute atomic E-state index is 12.5. The van der Waals surface area contributed by atoms with Gasteiger partial charge in [-0.1, -0.05) is 32.6 Å². The zero-order valence-corrected chi connectivity index (χ0v) is 9.65. The van der Waals surface area contributed by atoms with Crippen molar-refractivity contribution >= 4 is 10.1 Å². The predicted molar refractivity (Wildman–Crippen MR) is 48.0 cm³/mol. The van der Waals surface area contributed by atoms with Crippen LogP contribution in [0.3, 0.4) is 0 Å². The Labute approximate surface area is 97.4 Å². The smallest absolute Gasteiger partial charge is 0.746 e. The van der Waals surface area contributed by atoms with Crippen LogP contribution in [0.1, 0.15) is 45.4 Å². The van der Waals surface area contributed by atoms with E-state index in [4.69, 9.17) is 0 Å². The van der Waals surface area contributed by atoms with Crippen molar-refractivity contribution in [1.29, 1.82) is 0 Å². The molecule has 0 bridgehead atoms. The van der Waals surface area contributed by atoms with Gasteiger partial charge < -0.3 is 4.55 Å². The van der Waals surface area contributed by atoms with E-state index in [2.05, 4.69) is 6.92 Å². The summed E-state index contributed by atoms with van der Waals surface area (Å²) in [5.41, 5.74) is -2.21. The second-order valence-corrected chi connectivity index (χ2v) is 4.60. The molecule has 0 radical (unpaired) electrons. The molecule has 1 atom stereocenters. The molecule has 0 aliphatic heterocycles. The summed E-state index contributed by atoms with van der Waals surface area (Å²) in [7, 11) is -4.71. The molecular formula is C8H16FLiO3S. The van der Waals surface area contributed by atoms with Crippen molar-refractivity contribution in [1.82, 2.24) is 0 Å². The molecule has 3 nitrogen and oxygen atoms in total. The normalized spacial score (nSPS) is 13.4. The molecule has 0 aromatic carbocycles. The minimum Gasteiger partial charge on any atom is -0.746 e. The molecule has 0 saturated heterocycles. The third kappa shape index (κ3) is 9.01. The van der Waals surface area contributed by atoms with Gasteiger partial charge in [-0.05, 0) is 12.8 Å². The first-order chi connectivity index (χ1) is 5.98. The fraction of sp³-hybridized carbons (Fsp3) is 1.00. The number of hydrogen-bond donors (Lipinski definition) is 0. The van der Waals surface area contributed by atoms with Crippen LogP contribution in [0.4, 0.5) is 4.39 Å². The van der Waals surface area contributed by atoms with E-state index in [0.717, 1.165) is 25.7 Å². The summed E-state index contributed by atoms with van der Waals surface area (Å²) in [5, 5.41) is 0. The number of halogens is 1. The van der Waals surface area contributed by atoms with Gasteiger partial charge in [0.15, 0.2) is 5.50 Å². The van der Waals surface area contributed by atoms with Gasteiger partial charge in [0, 0.05) is 0 Å². The van der Waals surface area contributed by atoms with Crippen LogP contribution in [0.2, 0.25) is 0 Å². The van der Waals surface area contributed by atoms with Gasteiger partial charge in [-0.3, -0.25) is 0 Å². The second kappa shape index (κ2) is 8.72. The van der Waals surface area contributed by atoms with Crippen LogP contribution >= 0.6 is 0 Å². The van der Waals surface area contributed by atoms with Crippen LogP contribution in [0.15, 0.2) is 0 Å². The van der Waals surface area contributed by atoms with E-state index >= 15 is 0 Å². The van der Waals surface area contributed by atoms with E-state index < -0.39 is 15.6 Å². The van der Waals surface area contributed by atoms with Crippen LogP contribution in [0.5, 0.6) is 0 Å². The van der Waals surface area contributed by atoms with Crippen molar-refractivity contribution in [2.24, 2.45) is 0 Å². The molecule has 0 spiro atoms. The molecule has 0 aromatic heterocycles. The Bertz CT molecular complexity index is 219. The van der Waals surface area contributed by atoms with Crippen molar-refractivity contribution in [3.63, 3.8) is 0 Å². The Balaban J connectivity index is 0. The van der Waals surface area contributed by atoms with Crippen LogP contribution in [-0.2, 0) is 10.1 Å². The molecule has 0 aliphatic carbocycles. The first-order valence-electron chi connectivity index (χ1n) is 4.57. The van der Waals surface area contributed by atoms with E-state index in [1.54, 1.807) is 0 Å². The summed E-state index contributed by atoms with van der Waals surface area (Å²) in [6.45, 7) is 2.06. The van der Waals surface area contributed by atoms with Gasteiger partial charge in [0.2, 0.25) is 0 Å². The summed E-state index contributed by atoms with van der Waals surface area (Å²) in [4.78, 5) is 0.